The fraction of sp³-hybridized carbons (Fsp3) is 0.613. The van der Waals surface area contributed by atoms with Crippen molar-refractivity contribution >= 4 is 40.6 Å². The summed E-state index contributed by atoms with van der Waals surface area (Å²) in [5.41, 5.74) is 2.29. The van der Waals surface area contributed by atoms with Gasteiger partial charge in [-0.15, -0.1) is 0 Å². The number of aromatic hydroxyl groups is 1. The van der Waals surface area contributed by atoms with Crippen LogP contribution < -0.4 is 11.1 Å². The van der Waals surface area contributed by atoms with Gasteiger partial charge in [0.15, 0.2) is 34.7 Å². The number of anilines is 1. The molecule has 1 aromatic rings. The number of carbonyl (C=O) groups excluding carboxylic acids is 6. The second-order valence-corrected chi connectivity index (χ2v) is 13.4. The molecule has 0 heterocycles. The first-order valence-corrected chi connectivity index (χ1v) is 15.1. The molecule has 6 rings (SSSR count). The molecular weight excluding hydrogens is 572 g/mol. The Labute approximate surface area is 253 Å². The minimum absolute atomic E-state index is 0.0349. The zero-order valence-corrected chi connectivity index (χ0v) is 25.0. The number of primary amides is 1. The molecule has 13 heteroatoms. The van der Waals surface area contributed by atoms with Crippen LogP contribution in [0.5, 0.6) is 5.75 Å². The van der Waals surface area contributed by atoms with Crippen LogP contribution in [0.2, 0.25) is 0 Å². The van der Waals surface area contributed by atoms with Crippen LogP contribution >= 0.6 is 0 Å². The quantitative estimate of drug-likeness (QED) is 0.194. The van der Waals surface area contributed by atoms with E-state index in [0.29, 0.717) is 17.6 Å². The van der Waals surface area contributed by atoms with Gasteiger partial charge in [0.25, 0.3) is 0 Å². The molecule has 0 radical (unpaired) electrons. The maximum absolute atomic E-state index is 14.1. The fourth-order valence-corrected chi connectivity index (χ4v) is 8.14. The highest BCUT2D eigenvalue weighted by molar-refractivity contribution is 6.32. The number of nitrogens with two attached hydrogens (primary N) is 1. The molecule has 4 fully saturated rings. The zero-order chi connectivity index (χ0) is 32.2. The summed E-state index contributed by atoms with van der Waals surface area (Å²) in [6, 6.07) is 1.78. The Morgan fingerprint density at radius 2 is 1.64 bits per heavy atom. The van der Waals surface area contributed by atoms with Gasteiger partial charge in [-0.3, -0.25) is 38.6 Å². The molecule has 236 valence electrons. The van der Waals surface area contributed by atoms with Crippen molar-refractivity contribution in [2.45, 2.75) is 81.3 Å². The topological polar surface area (TPSA) is 208 Å². The SMILES string of the molecule is CC1c2ccc(NC(=O)C(C)N(C3CC3)C3CC3)c(O)c2C(=O)C2C(=O)[C@]3(O)C(=O)C(C(N)=O)C(=O)[C@@H](N(C)C)C3C(O)C21. The van der Waals surface area contributed by atoms with Crippen molar-refractivity contribution < 1.29 is 44.1 Å². The van der Waals surface area contributed by atoms with Gasteiger partial charge in [-0.05, 0) is 64.3 Å². The number of Topliss-reactive ketones (excluding diaryl/α,β-unsaturated/α-hetero) is 4. The van der Waals surface area contributed by atoms with Gasteiger partial charge >= 0.3 is 0 Å². The number of nitrogens with one attached hydrogen (secondary N) is 1. The molecule has 2 amide bonds. The van der Waals surface area contributed by atoms with Crippen molar-refractivity contribution in [1.82, 2.24) is 9.80 Å². The summed E-state index contributed by atoms with van der Waals surface area (Å²) in [4.78, 5) is 83.9. The van der Waals surface area contributed by atoms with E-state index in [4.69, 9.17) is 5.73 Å². The van der Waals surface area contributed by atoms with E-state index in [1.54, 1.807) is 13.8 Å². The Bertz CT molecular complexity index is 1490. The van der Waals surface area contributed by atoms with E-state index in [0.717, 1.165) is 25.7 Å². The van der Waals surface area contributed by atoms with Gasteiger partial charge in [0.05, 0.1) is 41.3 Å². The van der Waals surface area contributed by atoms with E-state index >= 15 is 0 Å². The van der Waals surface area contributed by atoms with Gasteiger partial charge in [-0.1, -0.05) is 13.0 Å². The summed E-state index contributed by atoms with van der Waals surface area (Å²) < 4.78 is 0. The lowest BCUT2D eigenvalue weighted by Gasteiger charge is -2.56. The monoisotopic (exact) mass is 610 g/mol. The Hall–Kier alpha value is -3.52. The van der Waals surface area contributed by atoms with Gasteiger partial charge in [-0.25, -0.2) is 0 Å². The largest absolute Gasteiger partial charge is 0.505 e. The molecule has 4 saturated carbocycles. The standard InChI is InChI=1S/C31H38N4O9/c1-11-15-9-10-16(33-30(43)12(2)35(13-5-6-13)14-7-8-14)23(36)18(15)24(37)19-17(11)25(38)21-22(34(3)4)26(39)20(29(32)42)28(41)31(21,44)27(19)40/h9-14,17,19-22,25,36,38,44H,5-8H2,1-4H3,(H2,32,42)(H,33,43)/t11?,12?,17?,19?,20?,21?,22-,25?,31-/m0/s1. The molecule has 6 N–H and O–H groups in total. The molecule has 0 bridgehead atoms. The van der Waals surface area contributed by atoms with Crippen LogP contribution in [0.3, 0.4) is 0 Å². The number of phenols is 1. The van der Waals surface area contributed by atoms with Gasteiger partial charge in [0.1, 0.15) is 5.75 Å². The number of rotatable bonds is 7. The number of phenolic OH excluding ortho intramolecular Hbond substituents is 1. The number of aliphatic hydroxyl groups is 2. The molecule has 44 heavy (non-hydrogen) atoms. The molecule has 0 aliphatic heterocycles. The van der Waals surface area contributed by atoms with E-state index in [-0.39, 0.29) is 17.2 Å². The molecule has 0 spiro atoms. The van der Waals surface area contributed by atoms with Crippen LogP contribution in [0.25, 0.3) is 0 Å². The van der Waals surface area contributed by atoms with Crippen LogP contribution in [0, 0.1) is 23.7 Å². The third-order valence-electron chi connectivity index (χ3n) is 10.5. The van der Waals surface area contributed by atoms with Crippen LogP contribution in [-0.2, 0) is 24.0 Å². The van der Waals surface area contributed by atoms with Crippen molar-refractivity contribution in [2.75, 3.05) is 19.4 Å². The first-order valence-electron chi connectivity index (χ1n) is 15.1. The molecule has 1 aromatic carbocycles. The average Bonchev–Trinajstić information content (AvgIpc) is 3.88. The number of ketones is 4. The van der Waals surface area contributed by atoms with E-state index < -0.39 is 88.2 Å². The van der Waals surface area contributed by atoms with Gasteiger partial charge in [0, 0.05) is 18.0 Å². The van der Waals surface area contributed by atoms with Crippen molar-refractivity contribution in [1.29, 1.82) is 0 Å². The van der Waals surface area contributed by atoms with E-state index in [1.165, 1.54) is 31.1 Å². The number of fused-ring (bicyclic) bond motifs is 3. The molecular formula is C31H38N4O9. The van der Waals surface area contributed by atoms with E-state index in [1.807, 2.05) is 0 Å². The summed E-state index contributed by atoms with van der Waals surface area (Å²) in [6.07, 6.45) is 2.37. The minimum Gasteiger partial charge on any atom is -0.505 e. The first kappa shape index (κ1) is 30.5. The lowest BCUT2D eigenvalue weighted by atomic mass is 9.49. The van der Waals surface area contributed by atoms with Gasteiger partial charge < -0.3 is 26.4 Å². The maximum Gasteiger partial charge on any atom is 0.241 e. The predicted molar refractivity (Wildman–Crippen MR) is 153 cm³/mol. The molecule has 7 unspecified atom stereocenters. The smallest absolute Gasteiger partial charge is 0.241 e. The number of likely N-dealkylation sites (N-methyl/N-ethyl adjacent to an activating group) is 1. The summed E-state index contributed by atoms with van der Waals surface area (Å²) in [5, 5.41) is 37.5. The van der Waals surface area contributed by atoms with Crippen LogP contribution in [0.1, 0.15) is 61.4 Å². The van der Waals surface area contributed by atoms with E-state index in [2.05, 4.69) is 10.2 Å². The number of hydrogen-bond donors (Lipinski definition) is 5. The number of nitrogens with zero attached hydrogens (tertiary/aromatic N) is 2. The first-order chi connectivity index (χ1) is 20.6. The summed E-state index contributed by atoms with van der Waals surface area (Å²) in [7, 11) is 2.88. The number of benzene rings is 1. The molecule has 13 nitrogen and oxygen atoms in total. The van der Waals surface area contributed by atoms with Crippen LogP contribution in [0.4, 0.5) is 5.69 Å². The summed E-state index contributed by atoms with van der Waals surface area (Å²) in [6.45, 7) is 3.43. The Balaban J connectivity index is 1.38. The molecule has 9 atom stereocenters. The van der Waals surface area contributed by atoms with Crippen molar-refractivity contribution in [2.24, 2.45) is 29.4 Å². The molecule has 5 aliphatic rings. The Kier molecular flexibility index (Phi) is 7.11. The summed E-state index contributed by atoms with van der Waals surface area (Å²) >= 11 is 0. The lowest BCUT2D eigenvalue weighted by Crippen LogP contribution is -2.77. The molecule has 5 aliphatic carbocycles. The normalized spacial score (nSPS) is 35.7. The molecule has 0 aromatic heterocycles. The van der Waals surface area contributed by atoms with Crippen LogP contribution in [0.15, 0.2) is 12.1 Å². The zero-order valence-electron chi connectivity index (χ0n) is 25.0. The third-order valence-corrected chi connectivity index (χ3v) is 10.5. The average molecular weight is 611 g/mol. The van der Waals surface area contributed by atoms with Crippen molar-refractivity contribution in [3.05, 3.63) is 23.3 Å². The minimum atomic E-state index is -3.07. The molecule has 0 saturated heterocycles. The lowest BCUT2D eigenvalue weighted by molar-refractivity contribution is -0.196. The highest BCUT2D eigenvalue weighted by Crippen LogP contribution is 2.55. The van der Waals surface area contributed by atoms with Crippen LogP contribution in [-0.4, -0.2) is 110 Å². The van der Waals surface area contributed by atoms with Gasteiger partial charge in [-0.2, -0.15) is 0 Å². The van der Waals surface area contributed by atoms with E-state index in [9.17, 15) is 44.1 Å². The predicted octanol–water partition coefficient (Wildman–Crippen LogP) is -0.647. The number of hydrogen-bond acceptors (Lipinski definition) is 11. The summed E-state index contributed by atoms with van der Waals surface area (Å²) in [5.74, 6) is -14.4. The number of amides is 2. The highest BCUT2D eigenvalue weighted by Gasteiger charge is 2.73. The maximum atomic E-state index is 14.1. The van der Waals surface area contributed by atoms with Crippen molar-refractivity contribution in [3.8, 4) is 5.75 Å². The second-order valence-electron chi connectivity index (χ2n) is 13.4. The second kappa shape index (κ2) is 10.3. The van der Waals surface area contributed by atoms with Crippen molar-refractivity contribution in [3.63, 3.8) is 0 Å². The van der Waals surface area contributed by atoms with Gasteiger partial charge in [0.2, 0.25) is 11.8 Å². The number of carbonyl (C=O) groups is 6. The Morgan fingerprint density at radius 3 is 2.16 bits per heavy atom. The fourth-order valence-electron chi connectivity index (χ4n) is 8.14. The third kappa shape index (κ3) is 4.20. The Morgan fingerprint density at radius 1 is 1.05 bits per heavy atom. The number of aliphatic hydroxyl groups excluding tert-OH is 1. The highest BCUT2D eigenvalue weighted by atomic mass is 16.3.